The monoisotopic (exact) mass is 615 g/mol. The molecule has 2 saturated heterocycles. The summed E-state index contributed by atoms with van der Waals surface area (Å²) in [6, 6.07) is 13.5. The maximum atomic E-state index is 11.9. The zero-order chi connectivity index (χ0) is 31.6. The van der Waals surface area contributed by atoms with Crippen molar-refractivity contribution in [1.29, 1.82) is 0 Å². The molecular formula is C36H53N7O2. The lowest BCUT2D eigenvalue weighted by molar-refractivity contribution is -0.108. The van der Waals surface area contributed by atoms with Gasteiger partial charge in [-0.05, 0) is 106 Å². The number of carbonyl (C=O) groups excluding carboxylic acids is 1. The SMILES string of the molecule is COC.Cc1cc(C)n(-c2cc([C@H](CC=O)CN3CC[C@@H](CCCc4ccc5c(n4)NCCC5)C3)cc(N3CCNCC3)c2)n1. The van der Waals surface area contributed by atoms with Gasteiger partial charge in [0.1, 0.15) is 12.1 Å². The topological polar surface area (TPSA) is 87.5 Å². The number of nitrogens with zero attached hydrogens (tertiary/aromatic N) is 5. The summed E-state index contributed by atoms with van der Waals surface area (Å²) in [6.07, 6.45) is 8.70. The third kappa shape index (κ3) is 8.93. The highest BCUT2D eigenvalue weighted by molar-refractivity contribution is 5.59. The number of ether oxygens (including phenoxy) is 1. The average molecular weight is 616 g/mol. The largest absolute Gasteiger partial charge is 0.388 e. The summed E-state index contributed by atoms with van der Waals surface area (Å²) in [5.41, 5.74) is 8.30. The predicted octanol–water partition coefficient (Wildman–Crippen LogP) is 4.93. The Labute approximate surface area is 269 Å². The van der Waals surface area contributed by atoms with Crippen molar-refractivity contribution < 1.29 is 9.53 Å². The number of likely N-dealkylation sites (tertiary alicyclic amines) is 1. The second kappa shape index (κ2) is 16.3. The van der Waals surface area contributed by atoms with Gasteiger partial charge in [0.25, 0.3) is 0 Å². The van der Waals surface area contributed by atoms with Crippen molar-refractivity contribution in [3.8, 4) is 5.69 Å². The molecule has 0 aliphatic carbocycles. The first kappa shape index (κ1) is 33.1. The molecule has 9 heteroatoms. The van der Waals surface area contributed by atoms with Crippen molar-refractivity contribution in [3.05, 3.63) is 64.6 Å². The number of methoxy groups -OCH3 is 1. The number of aryl methyl sites for hydroxylation is 4. The van der Waals surface area contributed by atoms with Crippen LogP contribution in [0, 0.1) is 19.8 Å². The highest BCUT2D eigenvalue weighted by Crippen LogP contribution is 2.32. The van der Waals surface area contributed by atoms with Crippen LogP contribution in [0.5, 0.6) is 0 Å². The number of hydrogen-bond acceptors (Lipinski definition) is 8. The molecule has 2 aromatic heterocycles. The molecular weight excluding hydrogens is 562 g/mol. The lowest BCUT2D eigenvalue weighted by Gasteiger charge is -2.31. The van der Waals surface area contributed by atoms with Crippen LogP contribution in [0.3, 0.4) is 0 Å². The third-order valence-electron chi connectivity index (χ3n) is 9.36. The van der Waals surface area contributed by atoms with Gasteiger partial charge >= 0.3 is 0 Å². The fourth-order valence-electron chi connectivity index (χ4n) is 7.11. The molecule has 6 rings (SSSR count). The Hall–Kier alpha value is -3.27. The van der Waals surface area contributed by atoms with Gasteiger partial charge in [0.2, 0.25) is 0 Å². The van der Waals surface area contributed by atoms with Crippen molar-refractivity contribution in [2.75, 3.05) is 76.8 Å². The minimum atomic E-state index is 0.173. The van der Waals surface area contributed by atoms with Crippen molar-refractivity contribution >= 4 is 17.8 Å². The Kier molecular flexibility index (Phi) is 12.0. The second-order valence-electron chi connectivity index (χ2n) is 13.0. The van der Waals surface area contributed by atoms with E-state index in [9.17, 15) is 4.79 Å². The lowest BCUT2D eigenvalue weighted by atomic mass is 9.94. The van der Waals surface area contributed by atoms with Gasteiger partial charge in [0.05, 0.1) is 11.4 Å². The summed E-state index contributed by atoms with van der Waals surface area (Å²) in [4.78, 5) is 21.9. The third-order valence-corrected chi connectivity index (χ3v) is 9.36. The summed E-state index contributed by atoms with van der Waals surface area (Å²) in [5, 5.41) is 11.7. The van der Waals surface area contributed by atoms with Crippen LogP contribution in [-0.4, -0.2) is 92.5 Å². The summed E-state index contributed by atoms with van der Waals surface area (Å²) < 4.78 is 6.31. The Balaban J connectivity index is 0.00000128. The molecule has 3 aliphatic heterocycles. The first-order valence-corrected chi connectivity index (χ1v) is 16.9. The molecule has 0 amide bonds. The molecule has 2 N–H and O–H groups in total. The minimum Gasteiger partial charge on any atom is -0.388 e. The van der Waals surface area contributed by atoms with Gasteiger partial charge in [-0.2, -0.15) is 5.10 Å². The van der Waals surface area contributed by atoms with E-state index in [0.717, 1.165) is 100 Å². The van der Waals surface area contributed by atoms with E-state index in [1.165, 1.54) is 48.2 Å². The van der Waals surface area contributed by atoms with Gasteiger partial charge in [0, 0.05) is 89.4 Å². The van der Waals surface area contributed by atoms with Crippen LogP contribution >= 0.6 is 0 Å². The van der Waals surface area contributed by atoms with Gasteiger partial charge < -0.3 is 30.0 Å². The van der Waals surface area contributed by atoms with Gasteiger partial charge in [-0.15, -0.1) is 0 Å². The van der Waals surface area contributed by atoms with E-state index in [-0.39, 0.29) is 5.92 Å². The standard InChI is InChI=1S/C34H47N7O.C2H6O/c1-25-19-26(2)41(38-25)33-21-30(20-32(22-33)40-16-13-35-14-17-40)29(11-18-42)24-39-15-10-27(23-39)5-3-7-31-9-8-28-6-4-12-36-34(28)37-31;1-3-2/h8-9,18-22,27,29,35H,3-7,10-17,23-24H2,1-2H3,(H,36,37);1-2H3/t27-,29-;/m1./s1. The molecule has 9 nitrogen and oxygen atoms in total. The Morgan fingerprint density at radius 1 is 1.04 bits per heavy atom. The Morgan fingerprint density at radius 2 is 1.84 bits per heavy atom. The van der Waals surface area contributed by atoms with Crippen molar-refractivity contribution in [2.45, 2.75) is 64.7 Å². The Morgan fingerprint density at radius 3 is 2.60 bits per heavy atom. The van der Waals surface area contributed by atoms with E-state index in [2.05, 4.69) is 73.2 Å². The molecule has 2 fully saturated rings. The fourth-order valence-corrected chi connectivity index (χ4v) is 7.11. The normalized spacial score (nSPS) is 18.9. The van der Waals surface area contributed by atoms with Crippen LogP contribution in [0.4, 0.5) is 11.5 Å². The minimum absolute atomic E-state index is 0.173. The summed E-state index contributed by atoms with van der Waals surface area (Å²) in [5.74, 6) is 2.00. The number of benzene rings is 1. The van der Waals surface area contributed by atoms with Crippen molar-refractivity contribution in [1.82, 2.24) is 25.0 Å². The summed E-state index contributed by atoms with van der Waals surface area (Å²) in [6.45, 7) is 12.3. The average Bonchev–Trinajstić information content (AvgIpc) is 3.65. The molecule has 3 aromatic rings. The number of piperazine rings is 1. The highest BCUT2D eigenvalue weighted by atomic mass is 16.4. The number of pyridine rings is 1. The molecule has 1 aromatic carbocycles. The zero-order valence-corrected chi connectivity index (χ0v) is 27.9. The van der Waals surface area contributed by atoms with E-state index in [4.69, 9.17) is 10.1 Å². The predicted molar refractivity (Wildman–Crippen MR) is 183 cm³/mol. The molecule has 0 saturated carbocycles. The van der Waals surface area contributed by atoms with Gasteiger partial charge in [0.15, 0.2) is 0 Å². The van der Waals surface area contributed by atoms with Gasteiger partial charge in [-0.25, -0.2) is 9.67 Å². The Bertz CT molecular complexity index is 1380. The van der Waals surface area contributed by atoms with Gasteiger partial charge in [-0.1, -0.05) is 6.07 Å². The van der Waals surface area contributed by atoms with Crippen LogP contribution in [0.2, 0.25) is 0 Å². The van der Waals surface area contributed by atoms with Crippen LogP contribution < -0.4 is 15.5 Å². The quantitative estimate of drug-likeness (QED) is 0.294. The molecule has 5 heterocycles. The van der Waals surface area contributed by atoms with Crippen LogP contribution in [0.25, 0.3) is 5.69 Å². The molecule has 0 radical (unpaired) electrons. The molecule has 3 aliphatic rings. The van der Waals surface area contributed by atoms with E-state index in [0.29, 0.717) is 6.42 Å². The van der Waals surface area contributed by atoms with E-state index in [1.807, 2.05) is 6.92 Å². The number of fused-ring (bicyclic) bond motifs is 1. The van der Waals surface area contributed by atoms with Gasteiger partial charge in [-0.3, -0.25) is 0 Å². The van der Waals surface area contributed by atoms with E-state index in [1.54, 1.807) is 14.2 Å². The molecule has 0 spiro atoms. The maximum Gasteiger partial charge on any atom is 0.129 e. The molecule has 2 atom stereocenters. The summed E-state index contributed by atoms with van der Waals surface area (Å²) >= 11 is 0. The first-order valence-electron chi connectivity index (χ1n) is 16.9. The number of hydrogen-bond donors (Lipinski definition) is 2. The molecule has 0 unspecified atom stereocenters. The first-order chi connectivity index (χ1) is 22.0. The molecule has 45 heavy (non-hydrogen) atoms. The summed E-state index contributed by atoms with van der Waals surface area (Å²) in [7, 11) is 3.25. The highest BCUT2D eigenvalue weighted by Gasteiger charge is 2.26. The number of nitrogens with one attached hydrogen (secondary N) is 2. The fraction of sp³-hybridized carbons (Fsp3) is 0.583. The second-order valence-corrected chi connectivity index (χ2v) is 13.0. The van der Waals surface area contributed by atoms with E-state index < -0.39 is 0 Å². The lowest BCUT2D eigenvalue weighted by Crippen LogP contribution is -2.43. The van der Waals surface area contributed by atoms with Crippen molar-refractivity contribution in [3.63, 3.8) is 0 Å². The zero-order valence-electron chi connectivity index (χ0n) is 27.9. The van der Waals surface area contributed by atoms with Crippen LogP contribution in [0.15, 0.2) is 36.4 Å². The number of rotatable bonds is 11. The van der Waals surface area contributed by atoms with Crippen molar-refractivity contribution in [2.24, 2.45) is 5.92 Å². The van der Waals surface area contributed by atoms with Crippen LogP contribution in [-0.2, 0) is 22.4 Å². The van der Waals surface area contributed by atoms with Crippen LogP contribution in [0.1, 0.15) is 66.2 Å². The molecule has 244 valence electrons. The maximum absolute atomic E-state index is 11.9. The number of carbonyl (C=O) groups is 1. The number of aromatic nitrogens is 3. The number of anilines is 2. The number of aldehydes is 1. The molecule has 0 bridgehead atoms. The smallest absolute Gasteiger partial charge is 0.129 e. The van der Waals surface area contributed by atoms with E-state index >= 15 is 0 Å².